The number of para-hydroxylation sites is 1. The summed E-state index contributed by atoms with van der Waals surface area (Å²) in [6.45, 7) is 0.806. The van der Waals surface area contributed by atoms with Crippen LogP contribution in [0.1, 0.15) is 15.9 Å². The van der Waals surface area contributed by atoms with Crippen molar-refractivity contribution in [2.75, 3.05) is 31.3 Å². The molecule has 0 saturated carbocycles. The quantitative estimate of drug-likeness (QED) is 0.384. The fraction of sp³-hybridized carbons (Fsp3) is 0.148. The third kappa shape index (κ3) is 6.55. The number of nitrogens with zero attached hydrogens (tertiary/aromatic N) is 3. The van der Waals surface area contributed by atoms with E-state index in [1.165, 1.54) is 0 Å². The number of likely N-dealkylation sites (N-methyl/N-ethyl adjacent to an activating group) is 1. The lowest BCUT2D eigenvalue weighted by Crippen LogP contribution is -2.29. The Morgan fingerprint density at radius 1 is 0.914 bits per heavy atom. The lowest BCUT2D eigenvalue weighted by atomic mass is 10.2. The molecule has 0 fully saturated rings. The minimum atomic E-state index is -0.233. The van der Waals surface area contributed by atoms with Crippen LogP contribution in [-0.2, 0) is 11.3 Å². The molecule has 0 aliphatic rings. The van der Waals surface area contributed by atoms with E-state index in [-0.39, 0.29) is 18.4 Å². The molecular formula is C27H27N5O3. The number of rotatable bonds is 9. The van der Waals surface area contributed by atoms with Crippen molar-refractivity contribution in [3.8, 4) is 11.4 Å². The van der Waals surface area contributed by atoms with Gasteiger partial charge in [0.15, 0.2) is 0 Å². The lowest BCUT2D eigenvalue weighted by molar-refractivity contribution is -0.117. The first-order valence-corrected chi connectivity index (χ1v) is 11.1. The van der Waals surface area contributed by atoms with E-state index in [9.17, 15) is 9.59 Å². The van der Waals surface area contributed by atoms with Crippen LogP contribution in [0.15, 0.2) is 91.3 Å². The van der Waals surface area contributed by atoms with Gasteiger partial charge in [-0.3, -0.25) is 14.5 Å². The molecule has 0 bridgehead atoms. The molecule has 0 spiro atoms. The molecule has 8 heteroatoms. The molecule has 3 aromatic carbocycles. The number of anilines is 2. The summed E-state index contributed by atoms with van der Waals surface area (Å²) in [7, 11) is 3.47. The van der Waals surface area contributed by atoms with E-state index in [4.69, 9.17) is 4.74 Å². The molecule has 1 heterocycles. The standard InChI is InChI=1S/C27H27N5O3/c1-31(17-20-16-28-32(18-20)24-6-4-3-5-7-24)19-26(33)29-22-10-8-21(9-11-22)27(34)30-23-12-14-25(35-2)15-13-23/h3-16,18H,17,19H2,1-2H3,(H,29,33)(H,30,34). The monoisotopic (exact) mass is 469 g/mol. The Hall–Kier alpha value is -4.43. The van der Waals surface area contributed by atoms with E-state index in [0.717, 1.165) is 17.0 Å². The zero-order chi connectivity index (χ0) is 24.6. The average Bonchev–Trinajstić information content (AvgIpc) is 3.33. The van der Waals surface area contributed by atoms with Crippen molar-refractivity contribution in [2.45, 2.75) is 6.54 Å². The second kappa shape index (κ2) is 11.1. The predicted octanol–water partition coefficient (Wildman–Crippen LogP) is 4.20. The Bertz CT molecular complexity index is 1270. The smallest absolute Gasteiger partial charge is 0.255 e. The first kappa shape index (κ1) is 23.7. The Balaban J connectivity index is 1.26. The number of carbonyl (C=O) groups is 2. The number of nitrogens with one attached hydrogen (secondary N) is 2. The maximum atomic E-state index is 12.5. The molecule has 2 N–H and O–H groups in total. The van der Waals surface area contributed by atoms with Gasteiger partial charge in [0, 0.05) is 35.2 Å². The van der Waals surface area contributed by atoms with Crippen LogP contribution in [-0.4, -0.2) is 47.2 Å². The van der Waals surface area contributed by atoms with Gasteiger partial charge in [0.05, 0.1) is 25.5 Å². The first-order valence-electron chi connectivity index (χ1n) is 11.1. The van der Waals surface area contributed by atoms with Crippen LogP contribution in [0.2, 0.25) is 0 Å². The molecule has 0 aliphatic heterocycles. The summed E-state index contributed by atoms with van der Waals surface area (Å²) in [6, 6.07) is 23.8. The van der Waals surface area contributed by atoms with Gasteiger partial charge >= 0.3 is 0 Å². The summed E-state index contributed by atoms with van der Waals surface area (Å²) < 4.78 is 6.94. The Morgan fingerprint density at radius 2 is 1.57 bits per heavy atom. The van der Waals surface area contributed by atoms with Gasteiger partial charge in [-0.2, -0.15) is 5.10 Å². The van der Waals surface area contributed by atoms with E-state index in [2.05, 4.69) is 15.7 Å². The van der Waals surface area contributed by atoms with Gasteiger partial charge in [-0.1, -0.05) is 18.2 Å². The molecule has 0 unspecified atom stereocenters. The van der Waals surface area contributed by atoms with Crippen LogP contribution in [0.4, 0.5) is 11.4 Å². The largest absolute Gasteiger partial charge is 0.497 e. The summed E-state index contributed by atoms with van der Waals surface area (Å²) in [5.74, 6) is 0.346. The van der Waals surface area contributed by atoms with Crippen molar-refractivity contribution < 1.29 is 14.3 Å². The molecular weight excluding hydrogens is 442 g/mol. The molecule has 1 aromatic heterocycles. The summed E-state index contributed by atoms with van der Waals surface area (Å²) in [5.41, 5.74) is 3.79. The van der Waals surface area contributed by atoms with Gasteiger partial charge < -0.3 is 15.4 Å². The fourth-order valence-electron chi connectivity index (χ4n) is 3.56. The van der Waals surface area contributed by atoms with Gasteiger partial charge in [0.2, 0.25) is 5.91 Å². The topological polar surface area (TPSA) is 88.5 Å². The predicted molar refractivity (Wildman–Crippen MR) is 136 cm³/mol. The third-order valence-corrected chi connectivity index (χ3v) is 5.30. The number of methoxy groups -OCH3 is 1. The van der Waals surface area contributed by atoms with Crippen molar-refractivity contribution in [3.63, 3.8) is 0 Å². The normalized spacial score (nSPS) is 10.7. The highest BCUT2D eigenvalue weighted by Crippen LogP contribution is 2.17. The third-order valence-electron chi connectivity index (χ3n) is 5.30. The number of amides is 2. The summed E-state index contributed by atoms with van der Waals surface area (Å²) in [6.07, 6.45) is 3.76. The van der Waals surface area contributed by atoms with Crippen molar-refractivity contribution >= 4 is 23.2 Å². The van der Waals surface area contributed by atoms with E-state index < -0.39 is 0 Å². The van der Waals surface area contributed by atoms with Crippen molar-refractivity contribution in [1.82, 2.24) is 14.7 Å². The highest BCUT2D eigenvalue weighted by Gasteiger charge is 2.11. The zero-order valence-electron chi connectivity index (χ0n) is 19.6. The Morgan fingerprint density at radius 3 is 2.26 bits per heavy atom. The summed E-state index contributed by atoms with van der Waals surface area (Å²) in [4.78, 5) is 26.9. The van der Waals surface area contributed by atoms with Gasteiger partial charge in [0.25, 0.3) is 5.91 Å². The molecule has 2 amide bonds. The maximum Gasteiger partial charge on any atom is 0.255 e. The molecule has 0 saturated heterocycles. The summed E-state index contributed by atoms with van der Waals surface area (Å²) >= 11 is 0. The van der Waals surface area contributed by atoms with Crippen LogP contribution in [0.25, 0.3) is 5.69 Å². The van der Waals surface area contributed by atoms with E-state index in [0.29, 0.717) is 23.5 Å². The number of hydrogen-bond acceptors (Lipinski definition) is 5. The minimum absolute atomic E-state index is 0.140. The Labute approximate surface area is 204 Å². The Kier molecular flexibility index (Phi) is 7.54. The SMILES string of the molecule is COc1ccc(NC(=O)c2ccc(NC(=O)CN(C)Cc3cnn(-c4ccccc4)c3)cc2)cc1. The zero-order valence-corrected chi connectivity index (χ0v) is 19.6. The van der Waals surface area contributed by atoms with Gasteiger partial charge in [-0.25, -0.2) is 4.68 Å². The van der Waals surface area contributed by atoms with Crippen LogP contribution < -0.4 is 15.4 Å². The van der Waals surface area contributed by atoms with E-state index in [1.807, 2.05) is 53.2 Å². The van der Waals surface area contributed by atoms with Gasteiger partial charge in [-0.15, -0.1) is 0 Å². The molecule has 0 aliphatic carbocycles. The highest BCUT2D eigenvalue weighted by atomic mass is 16.5. The molecule has 178 valence electrons. The molecule has 35 heavy (non-hydrogen) atoms. The van der Waals surface area contributed by atoms with Crippen molar-refractivity contribution in [1.29, 1.82) is 0 Å². The van der Waals surface area contributed by atoms with Gasteiger partial charge in [-0.05, 0) is 67.7 Å². The van der Waals surface area contributed by atoms with Gasteiger partial charge in [0.1, 0.15) is 5.75 Å². The number of hydrogen-bond donors (Lipinski definition) is 2. The van der Waals surface area contributed by atoms with Crippen LogP contribution in [0.3, 0.4) is 0 Å². The molecule has 8 nitrogen and oxygen atoms in total. The minimum Gasteiger partial charge on any atom is -0.497 e. The maximum absolute atomic E-state index is 12.5. The molecule has 4 aromatic rings. The van der Waals surface area contributed by atoms with Crippen LogP contribution in [0, 0.1) is 0 Å². The van der Waals surface area contributed by atoms with Crippen LogP contribution in [0.5, 0.6) is 5.75 Å². The molecule has 0 atom stereocenters. The number of carbonyl (C=O) groups excluding carboxylic acids is 2. The number of ether oxygens (including phenoxy) is 1. The lowest BCUT2D eigenvalue weighted by Gasteiger charge is -2.15. The van der Waals surface area contributed by atoms with Crippen molar-refractivity contribution in [3.05, 3.63) is 102 Å². The second-order valence-electron chi connectivity index (χ2n) is 8.11. The van der Waals surface area contributed by atoms with E-state index in [1.54, 1.807) is 61.8 Å². The highest BCUT2D eigenvalue weighted by molar-refractivity contribution is 6.04. The average molecular weight is 470 g/mol. The first-order chi connectivity index (χ1) is 17.0. The second-order valence-corrected chi connectivity index (χ2v) is 8.11. The number of benzene rings is 3. The molecule has 4 rings (SSSR count). The fourth-order valence-corrected chi connectivity index (χ4v) is 3.56. The van der Waals surface area contributed by atoms with Crippen LogP contribution >= 0.6 is 0 Å². The van der Waals surface area contributed by atoms with E-state index >= 15 is 0 Å². The summed E-state index contributed by atoms with van der Waals surface area (Å²) in [5, 5.41) is 10.1. The number of aromatic nitrogens is 2. The van der Waals surface area contributed by atoms with Crippen molar-refractivity contribution in [2.24, 2.45) is 0 Å². The molecule has 0 radical (unpaired) electrons.